The molecule has 0 spiro atoms. The Kier molecular flexibility index (Phi) is 3.59. The fourth-order valence-corrected chi connectivity index (χ4v) is 2.62. The van der Waals surface area contributed by atoms with Gasteiger partial charge in [0.25, 0.3) is 0 Å². The van der Waals surface area contributed by atoms with Crippen LogP contribution in [0.15, 0.2) is 0 Å². The second-order valence-electron chi connectivity index (χ2n) is 4.77. The van der Waals surface area contributed by atoms with Crippen molar-refractivity contribution in [1.82, 2.24) is 10.2 Å². The molecule has 1 amide bonds. The van der Waals surface area contributed by atoms with Gasteiger partial charge in [-0.2, -0.15) is 0 Å². The number of nitrogens with two attached hydrogens (primary N) is 1. The van der Waals surface area contributed by atoms with Crippen molar-refractivity contribution in [1.29, 1.82) is 0 Å². The molecule has 0 aromatic rings. The summed E-state index contributed by atoms with van der Waals surface area (Å²) in [5, 5.41) is 3.50. The highest BCUT2D eigenvalue weighted by molar-refractivity contribution is 5.76. The van der Waals surface area contributed by atoms with Gasteiger partial charge in [0.1, 0.15) is 0 Å². The Bertz CT molecular complexity index is 218. The van der Waals surface area contributed by atoms with Gasteiger partial charge in [-0.05, 0) is 45.3 Å². The number of piperidine rings is 1. The van der Waals surface area contributed by atoms with E-state index in [0.29, 0.717) is 6.04 Å². The monoisotopic (exact) mass is 211 g/mol. The van der Waals surface area contributed by atoms with Gasteiger partial charge in [0, 0.05) is 18.5 Å². The van der Waals surface area contributed by atoms with E-state index >= 15 is 0 Å². The molecule has 0 radical (unpaired) electrons. The van der Waals surface area contributed by atoms with Crippen molar-refractivity contribution in [2.75, 3.05) is 26.2 Å². The van der Waals surface area contributed by atoms with E-state index in [1.165, 1.54) is 19.4 Å². The molecule has 2 heterocycles. The molecule has 2 saturated heterocycles. The molecule has 0 aromatic carbocycles. The molecule has 0 aliphatic carbocycles. The summed E-state index contributed by atoms with van der Waals surface area (Å²) in [7, 11) is 0. The van der Waals surface area contributed by atoms with Gasteiger partial charge in [0.05, 0.1) is 0 Å². The van der Waals surface area contributed by atoms with Crippen molar-refractivity contribution in [2.24, 2.45) is 11.7 Å². The molecule has 0 bridgehead atoms. The van der Waals surface area contributed by atoms with Gasteiger partial charge in [-0.1, -0.05) is 0 Å². The van der Waals surface area contributed by atoms with Gasteiger partial charge < -0.3 is 16.0 Å². The van der Waals surface area contributed by atoms with E-state index < -0.39 is 0 Å². The van der Waals surface area contributed by atoms with Crippen LogP contribution in [0, 0.1) is 5.92 Å². The largest absolute Gasteiger partial charge is 0.369 e. The first-order valence-corrected chi connectivity index (χ1v) is 6.01. The van der Waals surface area contributed by atoms with Crippen LogP contribution in [0.3, 0.4) is 0 Å². The summed E-state index contributed by atoms with van der Waals surface area (Å²) in [5.41, 5.74) is 5.31. The van der Waals surface area contributed by atoms with Crippen molar-refractivity contribution in [2.45, 2.75) is 31.7 Å². The number of carbonyl (C=O) groups excluding carboxylic acids is 1. The SMILES string of the molecule is NC(=O)C1CCN(C[C@@H]2CCCN2)CC1. The number of likely N-dealkylation sites (tertiary alicyclic amines) is 1. The lowest BCUT2D eigenvalue weighted by atomic mass is 9.96. The Labute approximate surface area is 91.2 Å². The van der Waals surface area contributed by atoms with Gasteiger partial charge >= 0.3 is 0 Å². The second-order valence-corrected chi connectivity index (χ2v) is 4.77. The van der Waals surface area contributed by atoms with E-state index in [-0.39, 0.29) is 11.8 Å². The zero-order chi connectivity index (χ0) is 10.7. The average Bonchev–Trinajstić information content (AvgIpc) is 2.71. The molecular weight excluding hydrogens is 190 g/mol. The van der Waals surface area contributed by atoms with Crippen molar-refractivity contribution in [3.8, 4) is 0 Å². The third-order valence-corrected chi connectivity index (χ3v) is 3.63. The number of amides is 1. The van der Waals surface area contributed by atoms with Gasteiger partial charge in [0.2, 0.25) is 5.91 Å². The van der Waals surface area contributed by atoms with E-state index in [1.807, 2.05) is 0 Å². The van der Waals surface area contributed by atoms with Crippen molar-refractivity contribution in [3.63, 3.8) is 0 Å². The zero-order valence-corrected chi connectivity index (χ0v) is 9.24. The number of nitrogens with zero attached hydrogens (tertiary/aromatic N) is 1. The molecule has 4 heteroatoms. The molecule has 0 unspecified atom stereocenters. The van der Waals surface area contributed by atoms with E-state index in [4.69, 9.17) is 5.73 Å². The Balaban J connectivity index is 1.71. The molecule has 0 saturated carbocycles. The standard InChI is InChI=1S/C11H21N3O/c12-11(15)9-3-6-14(7-4-9)8-10-2-1-5-13-10/h9-10,13H,1-8H2,(H2,12,15)/t10-/m0/s1. The summed E-state index contributed by atoms with van der Waals surface area (Å²) < 4.78 is 0. The zero-order valence-electron chi connectivity index (χ0n) is 9.24. The fraction of sp³-hybridized carbons (Fsp3) is 0.909. The molecule has 2 fully saturated rings. The van der Waals surface area contributed by atoms with Crippen LogP contribution in [0.4, 0.5) is 0 Å². The summed E-state index contributed by atoms with van der Waals surface area (Å²) in [6.45, 7) is 4.38. The number of primary amides is 1. The van der Waals surface area contributed by atoms with Crippen LogP contribution in [-0.2, 0) is 4.79 Å². The molecule has 2 aliphatic rings. The van der Waals surface area contributed by atoms with Crippen LogP contribution in [0.5, 0.6) is 0 Å². The van der Waals surface area contributed by atoms with Gasteiger partial charge in [-0.25, -0.2) is 0 Å². The minimum Gasteiger partial charge on any atom is -0.369 e. The molecule has 2 rings (SSSR count). The van der Waals surface area contributed by atoms with Crippen LogP contribution in [-0.4, -0.2) is 43.0 Å². The number of carbonyl (C=O) groups is 1. The summed E-state index contributed by atoms with van der Waals surface area (Å²) in [6, 6.07) is 0.676. The third-order valence-electron chi connectivity index (χ3n) is 3.63. The van der Waals surface area contributed by atoms with Gasteiger partial charge in [-0.3, -0.25) is 4.79 Å². The van der Waals surface area contributed by atoms with Crippen molar-refractivity contribution in [3.05, 3.63) is 0 Å². The molecule has 86 valence electrons. The first-order valence-electron chi connectivity index (χ1n) is 6.01. The van der Waals surface area contributed by atoms with Crippen molar-refractivity contribution >= 4 is 5.91 Å². The predicted molar refractivity (Wildman–Crippen MR) is 59.4 cm³/mol. The minimum absolute atomic E-state index is 0.117. The first kappa shape index (κ1) is 10.9. The molecule has 3 N–H and O–H groups in total. The highest BCUT2D eigenvalue weighted by atomic mass is 16.1. The Morgan fingerprint density at radius 2 is 2.07 bits per heavy atom. The van der Waals surface area contributed by atoms with E-state index in [0.717, 1.165) is 32.5 Å². The molecule has 1 atom stereocenters. The molecular formula is C11H21N3O. The Morgan fingerprint density at radius 3 is 2.60 bits per heavy atom. The maximum atomic E-state index is 11.0. The van der Waals surface area contributed by atoms with E-state index in [1.54, 1.807) is 0 Å². The molecule has 15 heavy (non-hydrogen) atoms. The average molecular weight is 211 g/mol. The van der Waals surface area contributed by atoms with Crippen molar-refractivity contribution < 1.29 is 4.79 Å². The summed E-state index contributed by atoms with van der Waals surface area (Å²) in [4.78, 5) is 13.5. The van der Waals surface area contributed by atoms with E-state index in [9.17, 15) is 4.79 Å². The number of hydrogen-bond acceptors (Lipinski definition) is 3. The van der Waals surface area contributed by atoms with Crippen LogP contribution < -0.4 is 11.1 Å². The van der Waals surface area contributed by atoms with Crippen LogP contribution in [0.25, 0.3) is 0 Å². The lowest BCUT2D eigenvalue weighted by molar-refractivity contribution is -0.123. The summed E-state index contributed by atoms with van der Waals surface area (Å²) in [5.74, 6) is 0.00595. The number of rotatable bonds is 3. The van der Waals surface area contributed by atoms with Crippen LogP contribution in [0.2, 0.25) is 0 Å². The molecule has 4 nitrogen and oxygen atoms in total. The summed E-state index contributed by atoms with van der Waals surface area (Å²) in [6.07, 6.45) is 4.50. The maximum absolute atomic E-state index is 11.0. The normalized spacial score (nSPS) is 29.5. The minimum atomic E-state index is -0.117. The smallest absolute Gasteiger partial charge is 0.220 e. The van der Waals surface area contributed by atoms with Gasteiger partial charge in [-0.15, -0.1) is 0 Å². The van der Waals surface area contributed by atoms with Crippen LogP contribution >= 0.6 is 0 Å². The highest BCUT2D eigenvalue weighted by Gasteiger charge is 2.25. The van der Waals surface area contributed by atoms with Gasteiger partial charge in [0.15, 0.2) is 0 Å². The topological polar surface area (TPSA) is 58.4 Å². The van der Waals surface area contributed by atoms with Crippen LogP contribution in [0.1, 0.15) is 25.7 Å². The van der Waals surface area contributed by atoms with E-state index in [2.05, 4.69) is 10.2 Å². The molecule has 0 aromatic heterocycles. The number of hydrogen-bond donors (Lipinski definition) is 2. The Morgan fingerprint density at radius 1 is 1.33 bits per heavy atom. The number of nitrogens with one attached hydrogen (secondary N) is 1. The highest BCUT2D eigenvalue weighted by Crippen LogP contribution is 2.18. The fourth-order valence-electron chi connectivity index (χ4n) is 2.62. The lowest BCUT2D eigenvalue weighted by Gasteiger charge is -2.32. The lowest BCUT2D eigenvalue weighted by Crippen LogP contribution is -2.43. The quantitative estimate of drug-likeness (QED) is 0.687. The molecule has 2 aliphatic heterocycles. The first-order chi connectivity index (χ1) is 7.25. The predicted octanol–water partition coefficient (Wildman–Crippen LogP) is -0.0643. The second kappa shape index (κ2) is 4.94. The maximum Gasteiger partial charge on any atom is 0.220 e. The third kappa shape index (κ3) is 2.92. The Hall–Kier alpha value is -0.610. The summed E-state index contributed by atoms with van der Waals surface area (Å²) >= 11 is 0.